The van der Waals surface area contributed by atoms with Gasteiger partial charge in [0.2, 0.25) is 0 Å². The van der Waals surface area contributed by atoms with Gasteiger partial charge in [0, 0.05) is 13.0 Å². The number of hydrogen-bond acceptors (Lipinski definition) is 4. The van der Waals surface area contributed by atoms with Gasteiger partial charge < -0.3 is 14.9 Å². The van der Waals surface area contributed by atoms with Crippen LogP contribution in [0.1, 0.15) is 45.4 Å². The van der Waals surface area contributed by atoms with Gasteiger partial charge in [0.1, 0.15) is 0 Å². The summed E-state index contributed by atoms with van der Waals surface area (Å²) in [5.74, 6) is 0. The molecule has 1 aliphatic heterocycles. The monoisotopic (exact) mass is 255 g/mol. The largest absolute Gasteiger partial charge is 0.396 e. The Morgan fingerprint density at radius 2 is 2.33 bits per heavy atom. The second-order valence-corrected chi connectivity index (χ2v) is 4.51. The molecule has 2 N–H and O–H groups in total. The van der Waals surface area contributed by atoms with E-state index < -0.39 is 0 Å². The Hall–Kier alpha value is -0.890. The van der Waals surface area contributed by atoms with Crippen molar-refractivity contribution in [3.05, 3.63) is 12.2 Å². The van der Waals surface area contributed by atoms with Gasteiger partial charge in [-0.3, -0.25) is 0 Å². The number of aliphatic hydroxyl groups is 2. The lowest BCUT2D eigenvalue weighted by Gasteiger charge is -2.05. The molecular weight excluding hydrogens is 230 g/mol. The first kappa shape index (κ1) is 17.1. The summed E-state index contributed by atoms with van der Waals surface area (Å²) in [7, 11) is 0. The topological polar surface area (TPSA) is 73.5 Å². The van der Waals surface area contributed by atoms with Gasteiger partial charge in [-0.05, 0) is 37.7 Å². The Morgan fingerprint density at radius 3 is 2.78 bits per heavy atom. The molecule has 0 radical (unpaired) electrons. The molecule has 0 bridgehead atoms. The average molecular weight is 255 g/mol. The van der Waals surface area contributed by atoms with Crippen LogP contribution in [0.15, 0.2) is 12.2 Å². The Labute approximate surface area is 110 Å². The van der Waals surface area contributed by atoms with Crippen molar-refractivity contribution in [1.29, 1.82) is 5.26 Å². The first-order valence-electron chi connectivity index (χ1n) is 6.58. The zero-order chi connectivity index (χ0) is 13.8. The Morgan fingerprint density at radius 1 is 1.61 bits per heavy atom. The molecule has 0 amide bonds. The molecule has 1 rings (SSSR count). The minimum Gasteiger partial charge on any atom is -0.396 e. The number of aliphatic hydroxyl groups excluding tert-OH is 2. The normalized spacial score (nSPS) is 19.9. The lowest BCUT2D eigenvalue weighted by atomic mass is 10.1. The molecule has 0 saturated carbocycles. The number of ether oxygens (including phenoxy) is 1. The fraction of sp³-hybridized carbons (Fsp3) is 0.786. The molecule has 1 fully saturated rings. The van der Waals surface area contributed by atoms with Crippen molar-refractivity contribution in [1.82, 2.24) is 0 Å². The van der Waals surface area contributed by atoms with Crippen molar-refractivity contribution < 1.29 is 14.9 Å². The van der Waals surface area contributed by atoms with Crippen molar-refractivity contribution in [2.75, 3.05) is 13.2 Å². The predicted octanol–water partition coefficient (Wildman–Crippen LogP) is 2.17. The summed E-state index contributed by atoms with van der Waals surface area (Å²) >= 11 is 0. The molecular formula is C14H25NO3. The van der Waals surface area contributed by atoms with Crippen LogP contribution in [0.25, 0.3) is 0 Å². The molecule has 0 unspecified atom stereocenters. The van der Waals surface area contributed by atoms with E-state index >= 15 is 0 Å². The van der Waals surface area contributed by atoms with E-state index in [-0.39, 0.29) is 12.7 Å². The van der Waals surface area contributed by atoms with Crippen LogP contribution in [0.2, 0.25) is 0 Å². The summed E-state index contributed by atoms with van der Waals surface area (Å²) in [6.07, 6.45) is 4.70. The molecule has 1 heterocycles. The molecule has 2 atom stereocenters. The molecule has 0 aromatic heterocycles. The molecule has 0 aromatic carbocycles. The molecule has 1 aliphatic rings. The van der Waals surface area contributed by atoms with E-state index in [1.165, 1.54) is 5.57 Å². The molecule has 18 heavy (non-hydrogen) atoms. The maximum absolute atomic E-state index is 8.84. The highest BCUT2D eigenvalue weighted by molar-refractivity contribution is 5.01. The zero-order valence-corrected chi connectivity index (χ0v) is 11.3. The predicted molar refractivity (Wildman–Crippen MR) is 71.0 cm³/mol. The highest BCUT2D eigenvalue weighted by Gasteiger charge is 2.17. The summed E-state index contributed by atoms with van der Waals surface area (Å²) in [5, 5.41) is 25.4. The van der Waals surface area contributed by atoms with Gasteiger partial charge in [-0.15, -0.1) is 0 Å². The summed E-state index contributed by atoms with van der Waals surface area (Å²) in [5.41, 5.74) is 1.18. The average Bonchev–Trinajstić information content (AvgIpc) is 2.80. The van der Waals surface area contributed by atoms with E-state index in [4.69, 9.17) is 20.2 Å². The molecule has 0 aromatic rings. The van der Waals surface area contributed by atoms with Crippen LogP contribution in [0, 0.1) is 11.3 Å². The molecule has 0 aliphatic carbocycles. The smallest absolute Gasteiger partial charge is 0.0679 e. The van der Waals surface area contributed by atoms with Gasteiger partial charge >= 0.3 is 0 Å². The maximum Gasteiger partial charge on any atom is 0.0679 e. The van der Waals surface area contributed by atoms with Crippen LogP contribution in [0.5, 0.6) is 0 Å². The quantitative estimate of drug-likeness (QED) is 0.713. The first-order chi connectivity index (χ1) is 8.63. The summed E-state index contributed by atoms with van der Waals surface area (Å²) in [6.45, 7) is 6.72. The maximum atomic E-state index is 8.84. The van der Waals surface area contributed by atoms with E-state index in [1.54, 1.807) is 0 Å². The summed E-state index contributed by atoms with van der Waals surface area (Å²) in [6, 6.07) is 1.97. The van der Waals surface area contributed by atoms with Crippen LogP contribution < -0.4 is 0 Å². The molecule has 104 valence electrons. The lowest BCUT2D eigenvalue weighted by molar-refractivity contribution is 0.0990. The first-order valence-corrected chi connectivity index (χ1v) is 6.58. The minimum atomic E-state index is -0.269. The lowest BCUT2D eigenvalue weighted by Crippen LogP contribution is -2.04. The fourth-order valence-electron chi connectivity index (χ4n) is 1.62. The third kappa shape index (κ3) is 9.17. The molecule has 1 saturated heterocycles. The Bertz CT molecular complexity index is 260. The van der Waals surface area contributed by atoms with Gasteiger partial charge in [-0.1, -0.05) is 13.5 Å². The van der Waals surface area contributed by atoms with Gasteiger partial charge in [0.25, 0.3) is 0 Å². The molecule has 4 nitrogen and oxygen atoms in total. The Balaban J connectivity index is 0.000000331. The SMILES string of the molecule is C=C1CO[C@@H](CCCO)C1.CC[C@@H](O)CCC#N. The van der Waals surface area contributed by atoms with Gasteiger partial charge in [0.15, 0.2) is 0 Å². The fourth-order valence-corrected chi connectivity index (χ4v) is 1.62. The number of hydrogen-bond donors (Lipinski definition) is 2. The van der Waals surface area contributed by atoms with Crippen LogP contribution in [0.4, 0.5) is 0 Å². The summed E-state index contributed by atoms with van der Waals surface area (Å²) in [4.78, 5) is 0. The number of rotatable bonds is 6. The second kappa shape index (κ2) is 11.2. The third-order valence-electron chi connectivity index (χ3n) is 2.78. The second-order valence-electron chi connectivity index (χ2n) is 4.51. The van der Waals surface area contributed by atoms with Crippen molar-refractivity contribution in [2.45, 2.75) is 57.7 Å². The van der Waals surface area contributed by atoms with Crippen molar-refractivity contribution in [3.8, 4) is 6.07 Å². The van der Waals surface area contributed by atoms with Crippen molar-refractivity contribution in [3.63, 3.8) is 0 Å². The van der Waals surface area contributed by atoms with Crippen LogP contribution in [0.3, 0.4) is 0 Å². The summed E-state index contributed by atoms with van der Waals surface area (Å²) < 4.78 is 5.36. The van der Waals surface area contributed by atoms with Gasteiger partial charge in [-0.25, -0.2) is 0 Å². The highest BCUT2D eigenvalue weighted by Crippen LogP contribution is 2.20. The minimum absolute atomic E-state index is 0.269. The van der Waals surface area contributed by atoms with E-state index in [0.29, 0.717) is 18.9 Å². The van der Waals surface area contributed by atoms with Crippen molar-refractivity contribution >= 4 is 0 Å². The number of nitriles is 1. The number of nitrogens with zero attached hydrogens (tertiary/aromatic N) is 1. The Kier molecular flexibility index (Phi) is 10.7. The van der Waals surface area contributed by atoms with Crippen LogP contribution in [-0.2, 0) is 4.74 Å². The highest BCUT2D eigenvalue weighted by atomic mass is 16.5. The van der Waals surface area contributed by atoms with Crippen molar-refractivity contribution in [2.24, 2.45) is 0 Å². The zero-order valence-electron chi connectivity index (χ0n) is 11.3. The molecule has 4 heteroatoms. The standard InChI is InChI=1S/C8H14O2.C6H11NO/c1-7-5-8(10-6-7)3-2-4-9;1-2-6(8)4-3-5-7/h8-9H,1-6H2;6,8H,2-4H2,1H3/t8-;6-/m01/s1. The van der Waals surface area contributed by atoms with E-state index in [0.717, 1.165) is 32.3 Å². The van der Waals surface area contributed by atoms with Crippen LogP contribution >= 0.6 is 0 Å². The van der Waals surface area contributed by atoms with Gasteiger partial charge in [-0.2, -0.15) is 5.26 Å². The molecule has 0 spiro atoms. The van der Waals surface area contributed by atoms with E-state index in [2.05, 4.69) is 6.58 Å². The van der Waals surface area contributed by atoms with E-state index in [1.807, 2.05) is 13.0 Å². The van der Waals surface area contributed by atoms with E-state index in [9.17, 15) is 0 Å². The van der Waals surface area contributed by atoms with Gasteiger partial charge in [0.05, 0.1) is 24.9 Å². The van der Waals surface area contributed by atoms with Crippen LogP contribution in [-0.4, -0.2) is 35.6 Å². The third-order valence-corrected chi connectivity index (χ3v) is 2.78.